The number of amides is 1. The quantitative estimate of drug-likeness (QED) is 0.155. The SMILES string of the molecule is CC(=O)N(C)[C@@H]1C[C@]2(OC1=O)O[C@H](COCc1ccccc1)[C@@H](OCc1ccccc1)[C@H](OCc1ccccc1)[C@H]2OCc1ccccc1. The molecule has 6 rings (SSSR count). The fourth-order valence-electron chi connectivity index (χ4n) is 6.31. The number of ether oxygens (including phenoxy) is 6. The van der Waals surface area contributed by atoms with Gasteiger partial charge in [-0.1, -0.05) is 121 Å². The topological polar surface area (TPSA) is 92.8 Å². The second-order valence-electron chi connectivity index (χ2n) is 12.5. The highest BCUT2D eigenvalue weighted by Crippen LogP contribution is 2.44. The fourth-order valence-corrected chi connectivity index (χ4v) is 6.31. The van der Waals surface area contributed by atoms with E-state index >= 15 is 0 Å². The van der Waals surface area contributed by atoms with Crippen molar-refractivity contribution in [2.45, 2.75) is 76.0 Å². The van der Waals surface area contributed by atoms with Crippen LogP contribution < -0.4 is 0 Å². The molecule has 4 aromatic carbocycles. The van der Waals surface area contributed by atoms with Crippen molar-refractivity contribution in [2.24, 2.45) is 0 Å². The van der Waals surface area contributed by atoms with E-state index in [9.17, 15) is 9.59 Å². The fraction of sp³-hybridized carbons (Fsp3) is 0.350. The Kier molecular flexibility index (Phi) is 11.5. The van der Waals surface area contributed by atoms with Gasteiger partial charge in [0.05, 0.1) is 33.0 Å². The number of likely N-dealkylation sites (N-methyl/N-ethyl adjacent to an activating group) is 1. The lowest BCUT2D eigenvalue weighted by Crippen LogP contribution is -2.67. The molecule has 256 valence electrons. The van der Waals surface area contributed by atoms with Crippen LogP contribution >= 0.6 is 0 Å². The second kappa shape index (κ2) is 16.3. The third-order valence-electron chi connectivity index (χ3n) is 9.00. The molecule has 0 saturated carbocycles. The van der Waals surface area contributed by atoms with Crippen LogP contribution in [0.15, 0.2) is 121 Å². The number of carbonyl (C=O) groups is 2. The maximum Gasteiger partial charge on any atom is 0.331 e. The standard InChI is InChI=1S/C40H43NO8/c1-29(42)41(2)34-23-40(49-39(34)43)38(47-27-33-21-13-6-14-22-33)37(46-26-32-19-11-5-12-20-32)36(45-25-31-17-9-4-10-18-31)35(48-40)28-44-24-30-15-7-3-8-16-30/h3-22,34-38H,23-28H2,1-2H3/t34-,35-,36-,37+,38-,40-/m1/s1. The molecule has 0 radical (unpaired) electrons. The lowest BCUT2D eigenvalue weighted by atomic mass is 9.89. The summed E-state index contributed by atoms with van der Waals surface area (Å²) in [5, 5.41) is 0. The Labute approximate surface area is 287 Å². The van der Waals surface area contributed by atoms with Crippen LogP contribution in [0.25, 0.3) is 0 Å². The van der Waals surface area contributed by atoms with Crippen LogP contribution in [0.2, 0.25) is 0 Å². The molecule has 2 aliphatic rings. The molecule has 9 heteroatoms. The molecule has 0 N–H and O–H groups in total. The van der Waals surface area contributed by atoms with Crippen molar-refractivity contribution in [2.75, 3.05) is 13.7 Å². The van der Waals surface area contributed by atoms with E-state index in [-0.39, 0.29) is 38.8 Å². The van der Waals surface area contributed by atoms with E-state index in [1.165, 1.54) is 11.8 Å². The van der Waals surface area contributed by atoms with Crippen molar-refractivity contribution in [3.05, 3.63) is 144 Å². The van der Waals surface area contributed by atoms with Crippen molar-refractivity contribution < 1.29 is 38.0 Å². The van der Waals surface area contributed by atoms with E-state index in [1.54, 1.807) is 7.05 Å². The first kappa shape index (κ1) is 34.5. The number of hydrogen-bond donors (Lipinski definition) is 0. The molecule has 9 nitrogen and oxygen atoms in total. The molecule has 0 aliphatic carbocycles. The van der Waals surface area contributed by atoms with E-state index in [2.05, 4.69) is 0 Å². The maximum atomic E-state index is 13.5. The first-order valence-corrected chi connectivity index (χ1v) is 16.6. The first-order valence-electron chi connectivity index (χ1n) is 16.6. The van der Waals surface area contributed by atoms with Gasteiger partial charge in [-0.25, -0.2) is 4.79 Å². The van der Waals surface area contributed by atoms with E-state index in [1.807, 2.05) is 121 Å². The summed E-state index contributed by atoms with van der Waals surface area (Å²) < 4.78 is 39.5. The highest BCUT2D eigenvalue weighted by molar-refractivity contribution is 5.85. The monoisotopic (exact) mass is 665 g/mol. The Morgan fingerprint density at radius 2 is 1.14 bits per heavy atom. The Hall–Kier alpha value is -4.38. The number of hydrogen-bond acceptors (Lipinski definition) is 8. The summed E-state index contributed by atoms with van der Waals surface area (Å²) in [5.41, 5.74) is 3.87. The van der Waals surface area contributed by atoms with Gasteiger partial charge < -0.3 is 33.3 Å². The van der Waals surface area contributed by atoms with Crippen molar-refractivity contribution in [3.63, 3.8) is 0 Å². The van der Waals surface area contributed by atoms with Crippen LogP contribution in [0.5, 0.6) is 0 Å². The van der Waals surface area contributed by atoms with Gasteiger partial charge >= 0.3 is 5.97 Å². The van der Waals surface area contributed by atoms with Gasteiger partial charge in [0, 0.05) is 20.4 Å². The van der Waals surface area contributed by atoms with Gasteiger partial charge in [0.25, 0.3) is 0 Å². The zero-order valence-corrected chi connectivity index (χ0v) is 27.9. The Morgan fingerprint density at radius 3 is 1.63 bits per heavy atom. The summed E-state index contributed by atoms with van der Waals surface area (Å²) in [5.74, 6) is -2.42. The second-order valence-corrected chi connectivity index (χ2v) is 12.5. The Morgan fingerprint density at radius 1 is 0.694 bits per heavy atom. The summed E-state index contributed by atoms with van der Waals surface area (Å²) in [6.45, 7) is 2.62. The number of carbonyl (C=O) groups excluding carboxylic acids is 2. The zero-order valence-electron chi connectivity index (χ0n) is 27.9. The number of rotatable bonds is 14. The van der Waals surface area contributed by atoms with Crippen LogP contribution in [-0.2, 0) is 64.4 Å². The molecule has 2 aliphatic heterocycles. The van der Waals surface area contributed by atoms with Gasteiger partial charge in [0.2, 0.25) is 11.7 Å². The van der Waals surface area contributed by atoms with Gasteiger partial charge in [-0.15, -0.1) is 0 Å². The average Bonchev–Trinajstić information content (AvgIpc) is 3.46. The van der Waals surface area contributed by atoms with Gasteiger partial charge in [0.15, 0.2) is 6.10 Å². The van der Waals surface area contributed by atoms with Gasteiger partial charge in [0.1, 0.15) is 24.4 Å². The minimum atomic E-state index is -1.59. The number of benzene rings is 4. The molecule has 49 heavy (non-hydrogen) atoms. The average molecular weight is 666 g/mol. The third kappa shape index (κ3) is 8.62. The lowest BCUT2D eigenvalue weighted by molar-refractivity contribution is -0.364. The minimum Gasteiger partial charge on any atom is -0.428 e. The van der Waals surface area contributed by atoms with E-state index < -0.39 is 42.2 Å². The maximum absolute atomic E-state index is 13.5. The lowest BCUT2D eigenvalue weighted by Gasteiger charge is -2.50. The van der Waals surface area contributed by atoms with Crippen molar-refractivity contribution >= 4 is 11.9 Å². The predicted molar refractivity (Wildman–Crippen MR) is 182 cm³/mol. The highest BCUT2D eigenvalue weighted by Gasteiger charge is 2.64. The minimum absolute atomic E-state index is 0.0488. The molecule has 4 aromatic rings. The molecule has 1 spiro atoms. The summed E-state index contributed by atoms with van der Waals surface area (Å²) in [7, 11) is 1.59. The van der Waals surface area contributed by atoms with Crippen LogP contribution in [0, 0.1) is 0 Å². The van der Waals surface area contributed by atoms with Gasteiger partial charge in [-0.2, -0.15) is 0 Å². The molecular weight excluding hydrogens is 622 g/mol. The zero-order chi connectivity index (χ0) is 34.1. The molecular formula is C40H43NO8. The van der Waals surface area contributed by atoms with Crippen LogP contribution in [0.4, 0.5) is 0 Å². The van der Waals surface area contributed by atoms with Gasteiger partial charge in [-0.3, -0.25) is 4.79 Å². The normalized spacial score (nSPS) is 24.9. The molecule has 0 unspecified atom stereocenters. The summed E-state index contributed by atoms with van der Waals surface area (Å²) >= 11 is 0. The smallest absolute Gasteiger partial charge is 0.331 e. The van der Waals surface area contributed by atoms with Crippen LogP contribution in [0.3, 0.4) is 0 Å². The molecule has 6 atom stereocenters. The van der Waals surface area contributed by atoms with Crippen molar-refractivity contribution in [1.29, 1.82) is 0 Å². The number of nitrogens with zero attached hydrogens (tertiary/aromatic N) is 1. The third-order valence-corrected chi connectivity index (χ3v) is 9.00. The predicted octanol–water partition coefficient (Wildman–Crippen LogP) is 5.85. The van der Waals surface area contributed by atoms with E-state index in [0.29, 0.717) is 6.61 Å². The summed E-state index contributed by atoms with van der Waals surface area (Å²) in [4.78, 5) is 27.4. The Bertz CT molecular complexity index is 1620. The first-order chi connectivity index (χ1) is 23.9. The Balaban J connectivity index is 1.37. The number of esters is 1. The molecule has 2 heterocycles. The summed E-state index contributed by atoms with van der Waals surface area (Å²) in [6.07, 6.45) is -3.04. The molecule has 0 aromatic heterocycles. The van der Waals surface area contributed by atoms with Gasteiger partial charge in [-0.05, 0) is 22.3 Å². The van der Waals surface area contributed by atoms with E-state index in [0.717, 1.165) is 22.3 Å². The molecule has 2 fully saturated rings. The van der Waals surface area contributed by atoms with E-state index in [4.69, 9.17) is 28.4 Å². The van der Waals surface area contributed by atoms with Crippen molar-refractivity contribution in [3.8, 4) is 0 Å². The van der Waals surface area contributed by atoms with Crippen LogP contribution in [-0.4, -0.2) is 66.7 Å². The largest absolute Gasteiger partial charge is 0.428 e. The van der Waals surface area contributed by atoms with Crippen molar-refractivity contribution in [1.82, 2.24) is 4.90 Å². The molecule has 1 amide bonds. The molecule has 0 bridgehead atoms. The highest BCUT2D eigenvalue weighted by atomic mass is 16.8. The summed E-state index contributed by atoms with van der Waals surface area (Å²) in [6, 6.07) is 38.5. The molecule has 2 saturated heterocycles. The van der Waals surface area contributed by atoms with Crippen LogP contribution in [0.1, 0.15) is 35.6 Å².